The lowest BCUT2D eigenvalue weighted by atomic mass is 9.66. The van der Waals surface area contributed by atoms with Crippen LogP contribution in [0.5, 0.6) is 0 Å². The first-order valence-electron chi connectivity index (χ1n) is 7.68. The van der Waals surface area contributed by atoms with E-state index in [1.807, 2.05) is 31.2 Å². The van der Waals surface area contributed by atoms with Gasteiger partial charge in [0.25, 0.3) is 0 Å². The second-order valence-corrected chi connectivity index (χ2v) is 6.72. The number of amides is 1. The molecule has 0 saturated heterocycles. The molecule has 1 unspecified atom stereocenters. The minimum absolute atomic E-state index is 0.0743. The summed E-state index contributed by atoms with van der Waals surface area (Å²) in [7, 11) is 0. The third-order valence-corrected chi connectivity index (χ3v) is 4.81. The van der Waals surface area contributed by atoms with Crippen LogP contribution in [-0.2, 0) is 11.2 Å². The van der Waals surface area contributed by atoms with Crippen LogP contribution in [0.1, 0.15) is 38.2 Å². The number of carbonyl (C=O) groups excluding carboxylic acids is 1. The van der Waals surface area contributed by atoms with Gasteiger partial charge in [0.2, 0.25) is 5.91 Å². The van der Waals surface area contributed by atoms with Gasteiger partial charge in [-0.15, -0.1) is 0 Å². The number of halogens is 1. The van der Waals surface area contributed by atoms with Crippen molar-refractivity contribution >= 4 is 17.5 Å². The Hall–Kier alpha value is -1.06. The number of rotatable bonds is 7. The minimum Gasteiger partial charge on any atom is -0.396 e. The Bertz CT molecular complexity index is 485. The highest BCUT2D eigenvalue weighted by Crippen LogP contribution is 2.43. The summed E-state index contributed by atoms with van der Waals surface area (Å²) in [5.41, 5.74) is 1.22. The molecule has 0 heterocycles. The maximum absolute atomic E-state index is 12.2. The molecule has 0 aliphatic heterocycles. The minimum atomic E-state index is -0.0743. The number of nitrogens with one attached hydrogen (secondary N) is 1. The molecule has 2 rings (SSSR count). The Labute approximate surface area is 131 Å². The van der Waals surface area contributed by atoms with Crippen LogP contribution in [0.25, 0.3) is 0 Å². The van der Waals surface area contributed by atoms with Gasteiger partial charge in [0.05, 0.1) is 0 Å². The molecule has 21 heavy (non-hydrogen) atoms. The molecule has 2 N–H and O–H groups in total. The molecule has 0 spiro atoms. The van der Waals surface area contributed by atoms with Gasteiger partial charge in [-0.1, -0.05) is 37.1 Å². The normalized spacial score (nSPS) is 17.9. The summed E-state index contributed by atoms with van der Waals surface area (Å²) >= 11 is 5.97. The van der Waals surface area contributed by atoms with Crippen molar-refractivity contribution in [3.8, 4) is 0 Å². The van der Waals surface area contributed by atoms with Gasteiger partial charge in [-0.05, 0) is 48.8 Å². The number of aliphatic hydroxyl groups excluding tert-OH is 1. The van der Waals surface area contributed by atoms with E-state index >= 15 is 0 Å². The number of aliphatic hydroxyl groups is 1. The summed E-state index contributed by atoms with van der Waals surface area (Å²) in [6.07, 6.45) is 4.90. The largest absolute Gasteiger partial charge is 0.396 e. The molecule has 1 fully saturated rings. The van der Waals surface area contributed by atoms with E-state index in [1.165, 1.54) is 6.42 Å². The predicted octanol–water partition coefficient (Wildman–Crippen LogP) is 3.19. The van der Waals surface area contributed by atoms with E-state index in [9.17, 15) is 4.79 Å². The van der Waals surface area contributed by atoms with E-state index in [1.54, 1.807) is 0 Å². The second kappa shape index (κ2) is 7.28. The summed E-state index contributed by atoms with van der Waals surface area (Å²) in [5, 5.41) is 12.9. The molecular weight excluding hydrogens is 286 g/mol. The van der Waals surface area contributed by atoms with Gasteiger partial charge in [-0.25, -0.2) is 0 Å². The summed E-state index contributed by atoms with van der Waals surface area (Å²) in [6, 6.07) is 7.65. The van der Waals surface area contributed by atoms with Crippen LogP contribution in [0.2, 0.25) is 5.02 Å². The smallest absolute Gasteiger partial charge is 0.223 e. The van der Waals surface area contributed by atoms with Gasteiger partial charge < -0.3 is 10.4 Å². The van der Waals surface area contributed by atoms with Crippen LogP contribution in [-0.4, -0.2) is 24.2 Å². The van der Waals surface area contributed by atoms with Crippen LogP contribution in [0, 0.1) is 11.3 Å². The third-order valence-electron chi connectivity index (χ3n) is 4.57. The fourth-order valence-corrected chi connectivity index (χ4v) is 3.20. The van der Waals surface area contributed by atoms with Crippen molar-refractivity contribution in [2.45, 2.75) is 39.0 Å². The molecule has 1 amide bonds. The van der Waals surface area contributed by atoms with Gasteiger partial charge in [0.15, 0.2) is 0 Å². The molecule has 0 aromatic heterocycles. The van der Waals surface area contributed by atoms with E-state index in [4.69, 9.17) is 16.7 Å². The van der Waals surface area contributed by atoms with Crippen molar-refractivity contribution in [3.05, 3.63) is 34.9 Å². The molecule has 1 aromatic rings. The van der Waals surface area contributed by atoms with Crippen molar-refractivity contribution in [2.75, 3.05) is 13.2 Å². The van der Waals surface area contributed by atoms with Gasteiger partial charge in [0.1, 0.15) is 0 Å². The lowest BCUT2D eigenvalue weighted by Gasteiger charge is -2.42. The quantitative estimate of drug-likeness (QED) is 0.812. The van der Waals surface area contributed by atoms with Crippen LogP contribution in [0.3, 0.4) is 0 Å². The zero-order valence-electron chi connectivity index (χ0n) is 12.6. The first-order chi connectivity index (χ1) is 10.0. The third kappa shape index (κ3) is 4.45. The molecule has 1 atom stereocenters. The van der Waals surface area contributed by atoms with Crippen molar-refractivity contribution in [3.63, 3.8) is 0 Å². The van der Waals surface area contributed by atoms with E-state index < -0.39 is 0 Å². The van der Waals surface area contributed by atoms with E-state index in [0.29, 0.717) is 18.0 Å². The van der Waals surface area contributed by atoms with Crippen LogP contribution < -0.4 is 5.32 Å². The lowest BCUT2D eigenvalue weighted by Crippen LogP contribution is -2.44. The lowest BCUT2D eigenvalue weighted by molar-refractivity contribution is -0.125. The number of hydrogen-bond donors (Lipinski definition) is 2. The van der Waals surface area contributed by atoms with Crippen LogP contribution >= 0.6 is 11.6 Å². The highest BCUT2D eigenvalue weighted by Gasteiger charge is 2.36. The van der Waals surface area contributed by atoms with Crippen LogP contribution in [0.4, 0.5) is 0 Å². The molecule has 1 aliphatic carbocycles. The molecule has 1 aromatic carbocycles. The Morgan fingerprint density at radius 1 is 1.48 bits per heavy atom. The Morgan fingerprint density at radius 3 is 2.81 bits per heavy atom. The molecule has 0 radical (unpaired) electrons. The topological polar surface area (TPSA) is 49.3 Å². The highest BCUT2D eigenvalue weighted by molar-refractivity contribution is 6.30. The monoisotopic (exact) mass is 309 g/mol. The number of hydrogen-bond acceptors (Lipinski definition) is 2. The number of carbonyl (C=O) groups is 1. The summed E-state index contributed by atoms with van der Waals surface area (Å²) < 4.78 is 0. The standard InChI is InChI=1S/C17H24ClNO2/c1-13(10-14-4-2-5-15(18)11-14)16(21)19-12-17(8-9-20)6-3-7-17/h2,4-5,11,13,20H,3,6-10,12H2,1H3,(H,19,21). The predicted molar refractivity (Wildman–Crippen MR) is 85.3 cm³/mol. The highest BCUT2D eigenvalue weighted by atomic mass is 35.5. The second-order valence-electron chi connectivity index (χ2n) is 6.28. The van der Waals surface area contributed by atoms with E-state index in [-0.39, 0.29) is 23.8 Å². The van der Waals surface area contributed by atoms with Gasteiger partial charge >= 0.3 is 0 Å². The average Bonchev–Trinajstić information content (AvgIpc) is 2.41. The fraction of sp³-hybridized carbons (Fsp3) is 0.588. The molecular formula is C17H24ClNO2. The Balaban J connectivity index is 1.82. The van der Waals surface area contributed by atoms with E-state index in [2.05, 4.69) is 5.32 Å². The molecule has 4 heteroatoms. The fourth-order valence-electron chi connectivity index (χ4n) is 2.99. The summed E-state index contributed by atoms with van der Waals surface area (Å²) in [4.78, 5) is 12.2. The van der Waals surface area contributed by atoms with Crippen LogP contribution in [0.15, 0.2) is 24.3 Å². The molecule has 116 valence electrons. The van der Waals surface area contributed by atoms with Crippen molar-refractivity contribution in [2.24, 2.45) is 11.3 Å². The van der Waals surface area contributed by atoms with Gasteiger partial charge in [-0.3, -0.25) is 4.79 Å². The molecule has 0 bridgehead atoms. The van der Waals surface area contributed by atoms with Crippen molar-refractivity contribution in [1.82, 2.24) is 5.32 Å². The molecule has 1 aliphatic rings. The summed E-state index contributed by atoms with van der Waals surface area (Å²) in [5.74, 6) is 0.00825. The van der Waals surface area contributed by atoms with Gasteiger partial charge in [0, 0.05) is 24.1 Å². The zero-order chi connectivity index (χ0) is 15.3. The SMILES string of the molecule is CC(Cc1cccc(Cl)c1)C(=O)NCC1(CCO)CCC1. The Morgan fingerprint density at radius 2 is 2.24 bits per heavy atom. The van der Waals surface area contributed by atoms with Crippen molar-refractivity contribution < 1.29 is 9.90 Å². The van der Waals surface area contributed by atoms with Gasteiger partial charge in [-0.2, -0.15) is 0 Å². The first kappa shape index (κ1) is 16.3. The van der Waals surface area contributed by atoms with E-state index in [0.717, 1.165) is 24.8 Å². The first-order valence-corrected chi connectivity index (χ1v) is 8.05. The number of benzene rings is 1. The van der Waals surface area contributed by atoms with Crippen molar-refractivity contribution in [1.29, 1.82) is 0 Å². The molecule has 3 nitrogen and oxygen atoms in total. The average molecular weight is 310 g/mol. The Kier molecular flexibility index (Phi) is 5.65. The maximum atomic E-state index is 12.2. The molecule has 1 saturated carbocycles. The zero-order valence-corrected chi connectivity index (χ0v) is 13.3. The summed E-state index contributed by atoms with van der Waals surface area (Å²) in [6.45, 7) is 2.83. The maximum Gasteiger partial charge on any atom is 0.223 e.